The molecule has 158 valence electrons. The van der Waals surface area contributed by atoms with Gasteiger partial charge in [0.15, 0.2) is 5.11 Å². The van der Waals surface area contributed by atoms with E-state index in [9.17, 15) is 4.79 Å². The Morgan fingerprint density at radius 1 is 1.03 bits per heavy atom. The minimum absolute atomic E-state index is 0.366. The van der Waals surface area contributed by atoms with Crippen molar-refractivity contribution in [1.82, 2.24) is 9.78 Å². The molecule has 2 aromatic heterocycles. The zero-order valence-corrected chi connectivity index (χ0v) is 18.8. The topological polar surface area (TPSA) is 72.1 Å². The lowest BCUT2D eigenvalue weighted by Gasteiger charge is -2.12. The Labute approximate surface area is 185 Å². The van der Waals surface area contributed by atoms with Crippen LogP contribution in [0.25, 0.3) is 11.0 Å². The van der Waals surface area contributed by atoms with Crippen LogP contribution in [0.15, 0.2) is 57.7 Å². The summed E-state index contributed by atoms with van der Waals surface area (Å²) in [5, 5.41) is 12.4. The summed E-state index contributed by atoms with van der Waals surface area (Å²) >= 11 is 5.52. The first kappa shape index (κ1) is 20.8. The molecule has 0 unspecified atom stereocenters. The number of benzene rings is 2. The summed E-state index contributed by atoms with van der Waals surface area (Å²) in [7, 11) is 0. The number of fused-ring (bicyclic) bond motifs is 1. The molecule has 4 rings (SSSR count). The first-order valence-corrected chi connectivity index (χ1v) is 10.4. The zero-order valence-electron chi connectivity index (χ0n) is 17.9. The monoisotopic (exact) mass is 432 g/mol. The molecule has 0 aliphatic rings. The number of aromatic nitrogens is 2. The molecule has 31 heavy (non-hydrogen) atoms. The number of aryl methyl sites for hydroxylation is 3. The highest BCUT2D eigenvalue weighted by molar-refractivity contribution is 7.80. The van der Waals surface area contributed by atoms with Gasteiger partial charge in [-0.2, -0.15) is 5.10 Å². The lowest BCUT2D eigenvalue weighted by molar-refractivity contribution is 0.560. The maximum absolute atomic E-state index is 11.7. The smallest absolute Gasteiger partial charge is 0.336 e. The molecule has 0 radical (unpaired) electrons. The van der Waals surface area contributed by atoms with Crippen LogP contribution >= 0.6 is 12.2 Å². The molecular weight excluding hydrogens is 408 g/mol. The van der Waals surface area contributed by atoms with E-state index in [1.807, 2.05) is 49.7 Å². The fourth-order valence-corrected chi connectivity index (χ4v) is 3.88. The van der Waals surface area contributed by atoms with E-state index in [-0.39, 0.29) is 5.63 Å². The van der Waals surface area contributed by atoms with E-state index in [2.05, 4.69) is 34.8 Å². The Morgan fingerprint density at radius 3 is 2.58 bits per heavy atom. The summed E-state index contributed by atoms with van der Waals surface area (Å²) < 4.78 is 7.30. The summed E-state index contributed by atoms with van der Waals surface area (Å²) in [5.74, 6) is 0. The Hall–Kier alpha value is -3.45. The molecular formula is C24H24N4O2S. The molecule has 0 bridgehead atoms. The van der Waals surface area contributed by atoms with E-state index in [0.717, 1.165) is 33.7 Å². The van der Waals surface area contributed by atoms with Crippen molar-refractivity contribution in [2.24, 2.45) is 0 Å². The number of thiocarbonyl (C=S) groups is 1. The quantitative estimate of drug-likeness (QED) is 0.346. The second kappa shape index (κ2) is 8.35. The largest absolute Gasteiger partial charge is 0.423 e. The average molecular weight is 433 g/mol. The number of hydrogen-bond acceptors (Lipinski definition) is 4. The summed E-state index contributed by atoms with van der Waals surface area (Å²) in [6.07, 6.45) is 0. The molecule has 0 saturated carbocycles. The summed E-state index contributed by atoms with van der Waals surface area (Å²) in [5.41, 5.74) is 7.00. The van der Waals surface area contributed by atoms with Gasteiger partial charge in [-0.15, -0.1) is 0 Å². The molecule has 4 aromatic rings. The van der Waals surface area contributed by atoms with Gasteiger partial charge >= 0.3 is 5.63 Å². The van der Waals surface area contributed by atoms with Gasteiger partial charge < -0.3 is 15.1 Å². The molecule has 0 spiro atoms. The van der Waals surface area contributed by atoms with Gasteiger partial charge in [0.05, 0.1) is 23.6 Å². The third-order valence-electron chi connectivity index (χ3n) is 5.41. The highest BCUT2D eigenvalue weighted by atomic mass is 32.1. The van der Waals surface area contributed by atoms with E-state index >= 15 is 0 Å². The SMILES string of the molecule is Cc1ccccc1Cn1nc(C)c(NC(=S)Nc2ccc3c(C)cc(=O)oc3c2)c1C. The van der Waals surface area contributed by atoms with Gasteiger partial charge in [0.25, 0.3) is 0 Å². The van der Waals surface area contributed by atoms with Crippen LogP contribution in [0.2, 0.25) is 0 Å². The lowest BCUT2D eigenvalue weighted by atomic mass is 10.1. The first-order chi connectivity index (χ1) is 14.8. The van der Waals surface area contributed by atoms with Crippen LogP contribution in [0.5, 0.6) is 0 Å². The van der Waals surface area contributed by atoms with Gasteiger partial charge in [-0.1, -0.05) is 24.3 Å². The predicted molar refractivity (Wildman–Crippen MR) is 129 cm³/mol. The lowest BCUT2D eigenvalue weighted by Crippen LogP contribution is -2.20. The van der Waals surface area contributed by atoms with Crippen LogP contribution < -0.4 is 16.3 Å². The van der Waals surface area contributed by atoms with Gasteiger partial charge in [0.2, 0.25) is 0 Å². The average Bonchev–Trinajstić information content (AvgIpc) is 2.96. The maximum atomic E-state index is 11.7. The van der Waals surface area contributed by atoms with Gasteiger partial charge in [-0.3, -0.25) is 4.68 Å². The molecule has 6 nitrogen and oxygen atoms in total. The van der Waals surface area contributed by atoms with Crippen molar-refractivity contribution in [1.29, 1.82) is 0 Å². The molecule has 2 aromatic carbocycles. The van der Waals surface area contributed by atoms with Crippen LogP contribution in [0.4, 0.5) is 11.4 Å². The van der Waals surface area contributed by atoms with Crippen molar-refractivity contribution < 1.29 is 4.42 Å². The van der Waals surface area contributed by atoms with Crippen molar-refractivity contribution in [3.8, 4) is 0 Å². The Kier molecular flexibility index (Phi) is 5.61. The highest BCUT2D eigenvalue weighted by Crippen LogP contribution is 2.23. The molecule has 7 heteroatoms. The second-order valence-electron chi connectivity index (χ2n) is 7.67. The van der Waals surface area contributed by atoms with Crippen molar-refractivity contribution in [3.05, 3.63) is 87.0 Å². The van der Waals surface area contributed by atoms with Crippen LogP contribution in [0.1, 0.15) is 28.1 Å². The first-order valence-electron chi connectivity index (χ1n) is 10.0. The van der Waals surface area contributed by atoms with E-state index in [0.29, 0.717) is 17.2 Å². The van der Waals surface area contributed by atoms with Crippen molar-refractivity contribution >= 4 is 39.7 Å². The van der Waals surface area contributed by atoms with Crippen molar-refractivity contribution in [2.75, 3.05) is 10.6 Å². The van der Waals surface area contributed by atoms with Crippen LogP contribution in [0.3, 0.4) is 0 Å². The van der Waals surface area contributed by atoms with E-state index in [4.69, 9.17) is 16.6 Å². The molecule has 0 aliphatic heterocycles. The maximum Gasteiger partial charge on any atom is 0.336 e. The summed E-state index contributed by atoms with van der Waals surface area (Å²) in [4.78, 5) is 11.7. The molecule has 2 heterocycles. The molecule has 2 N–H and O–H groups in total. The normalized spacial score (nSPS) is 11.0. The summed E-state index contributed by atoms with van der Waals surface area (Å²) in [6.45, 7) is 8.67. The number of nitrogens with one attached hydrogen (secondary N) is 2. The fraction of sp³-hybridized carbons (Fsp3) is 0.208. The van der Waals surface area contributed by atoms with Gasteiger partial charge in [-0.05, 0) is 68.7 Å². The zero-order chi connectivity index (χ0) is 22.1. The number of rotatable bonds is 4. The Bertz CT molecular complexity index is 1350. The molecule has 0 aliphatic carbocycles. The fourth-order valence-electron chi connectivity index (χ4n) is 3.66. The molecule has 0 saturated heterocycles. The molecule has 0 fully saturated rings. The third kappa shape index (κ3) is 4.36. The minimum Gasteiger partial charge on any atom is -0.423 e. The van der Waals surface area contributed by atoms with Gasteiger partial charge in [0.1, 0.15) is 5.58 Å². The van der Waals surface area contributed by atoms with Gasteiger partial charge in [-0.25, -0.2) is 4.79 Å². The number of hydrogen-bond donors (Lipinski definition) is 2. The Balaban J connectivity index is 1.52. The number of nitrogens with zero attached hydrogens (tertiary/aromatic N) is 2. The van der Waals surface area contributed by atoms with Crippen LogP contribution in [0, 0.1) is 27.7 Å². The summed E-state index contributed by atoms with van der Waals surface area (Å²) in [6, 6.07) is 15.4. The van der Waals surface area contributed by atoms with E-state index in [1.165, 1.54) is 17.2 Å². The number of anilines is 2. The van der Waals surface area contributed by atoms with E-state index in [1.54, 1.807) is 6.07 Å². The minimum atomic E-state index is -0.366. The predicted octanol–water partition coefficient (Wildman–Crippen LogP) is 5.08. The van der Waals surface area contributed by atoms with Gasteiger partial charge in [0, 0.05) is 23.2 Å². The second-order valence-corrected chi connectivity index (χ2v) is 8.08. The van der Waals surface area contributed by atoms with Crippen molar-refractivity contribution in [3.63, 3.8) is 0 Å². The Morgan fingerprint density at radius 2 is 1.81 bits per heavy atom. The van der Waals surface area contributed by atoms with Crippen LogP contribution in [-0.4, -0.2) is 14.9 Å². The van der Waals surface area contributed by atoms with Crippen molar-refractivity contribution in [2.45, 2.75) is 34.2 Å². The van der Waals surface area contributed by atoms with Crippen LogP contribution in [-0.2, 0) is 6.54 Å². The highest BCUT2D eigenvalue weighted by Gasteiger charge is 2.14. The molecule has 0 atom stereocenters. The third-order valence-corrected chi connectivity index (χ3v) is 5.61. The standard InChI is InChI=1S/C24H24N4O2S/c1-14-7-5-6-8-18(14)13-28-17(4)23(16(3)27-28)26-24(31)25-19-9-10-20-15(2)11-22(29)30-21(20)12-19/h5-12H,13H2,1-4H3,(H2,25,26,31). The van der Waals surface area contributed by atoms with E-state index < -0.39 is 0 Å². The molecule has 0 amide bonds.